The van der Waals surface area contributed by atoms with Crippen LogP contribution in [-0.4, -0.2) is 133 Å². The third-order valence-electron chi connectivity index (χ3n) is 7.18. The highest BCUT2D eigenvalue weighted by Crippen LogP contribution is 2.08. The van der Waals surface area contributed by atoms with Gasteiger partial charge in [-0.2, -0.15) is 0 Å². The maximum absolute atomic E-state index is 13.4. The highest BCUT2D eigenvalue weighted by atomic mass is 16.4. The van der Waals surface area contributed by atoms with Crippen molar-refractivity contribution in [2.75, 3.05) is 0 Å². The maximum atomic E-state index is 13.4. The topological polar surface area (TPSA) is 444 Å². The third kappa shape index (κ3) is 20.4. The van der Waals surface area contributed by atoms with Crippen LogP contribution in [0.1, 0.15) is 70.6 Å². The van der Waals surface area contributed by atoms with Crippen LogP contribution in [0.25, 0.3) is 0 Å². The molecule has 0 aromatic carbocycles. The predicted octanol–water partition coefficient (Wildman–Crippen LogP) is -5.58. The lowest BCUT2D eigenvalue weighted by molar-refractivity contribution is -0.144. The molecule has 25 nitrogen and oxygen atoms in total. The van der Waals surface area contributed by atoms with Crippen LogP contribution >= 0.6 is 0 Å². The molecule has 302 valence electrons. The largest absolute Gasteiger partial charge is 0.481 e. The number of carboxylic acid groups (broad SMARTS) is 5. The molecule has 0 aliphatic rings. The van der Waals surface area contributed by atoms with Gasteiger partial charge in [0.1, 0.15) is 30.2 Å². The first-order valence-corrected chi connectivity index (χ1v) is 16.0. The van der Waals surface area contributed by atoms with Crippen LogP contribution in [0.5, 0.6) is 0 Å². The van der Waals surface area contributed by atoms with Crippen molar-refractivity contribution in [2.45, 2.75) is 107 Å². The van der Waals surface area contributed by atoms with Gasteiger partial charge in [0.15, 0.2) is 0 Å². The molecule has 7 amide bonds. The Morgan fingerprint density at radius 1 is 0.389 bits per heavy atom. The molecule has 16 N–H and O–H groups in total. The fourth-order valence-electron chi connectivity index (χ4n) is 4.34. The average Bonchev–Trinajstić information content (AvgIpc) is 3.05. The van der Waals surface area contributed by atoms with E-state index in [0.717, 1.165) is 0 Å². The summed E-state index contributed by atoms with van der Waals surface area (Å²) in [5.74, 6) is -15.6. The molecule has 0 aromatic rings. The first-order chi connectivity index (χ1) is 25.0. The van der Waals surface area contributed by atoms with E-state index in [9.17, 15) is 72.9 Å². The van der Waals surface area contributed by atoms with Crippen LogP contribution < -0.4 is 43.8 Å². The average molecular weight is 777 g/mol. The number of nitrogens with two attached hydrogens (primary N) is 3. The van der Waals surface area contributed by atoms with E-state index >= 15 is 0 Å². The van der Waals surface area contributed by atoms with Gasteiger partial charge in [-0.3, -0.25) is 52.7 Å². The summed E-state index contributed by atoms with van der Waals surface area (Å²) in [6.45, 7) is 0. The zero-order chi connectivity index (χ0) is 41.7. The summed E-state index contributed by atoms with van der Waals surface area (Å²) in [6, 6.07) is -10.6. The highest BCUT2D eigenvalue weighted by molar-refractivity contribution is 5.98. The number of carboxylic acids is 5. The molecule has 0 saturated heterocycles. The van der Waals surface area contributed by atoms with Crippen LogP contribution in [0.4, 0.5) is 0 Å². The Morgan fingerprint density at radius 2 is 0.685 bits per heavy atom. The maximum Gasteiger partial charge on any atom is 0.326 e. The number of nitrogens with one attached hydrogen (secondary N) is 5. The van der Waals surface area contributed by atoms with Crippen LogP contribution in [0.3, 0.4) is 0 Å². The van der Waals surface area contributed by atoms with Gasteiger partial charge in [0.05, 0.1) is 12.5 Å². The Balaban J connectivity index is 6.37. The van der Waals surface area contributed by atoms with Gasteiger partial charge in [0, 0.05) is 32.1 Å². The molecule has 0 saturated carbocycles. The minimum absolute atomic E-state index is 0.384. The number of primary amides is 2. The van der Waals surface area contributed by atoms with Gasteiger partial charge < -0.3 is 69.3 Å². The Morgan fingerprint density at radius 3 is 1.02 bits per heavy atom. The Labute approximate surface area is 305 Å². The summed E-state index contributed by atoms with van der Waals surface area (Å²) < 4.78 is 0. The van der Waals surface area contributed by atoms with E-state index in [1.54, 1.807) is 0 Å². The number of hydrogen-bond donors (Lipinski definition) is 13. The quantitative estimate of drug-likeness (QED) is 0.0352. The summed E-state index contributed by atoms with van der Waals surface area (Å²) in [5, 5.41) is 55.9. The molecule has 0 bridgehead atoms. The molecule has 0 rings (SSSR count). The van der Waals surface area contributed by atoms with Crippen molar-refractivity contribution >= 4 is 71.2 Å². The van der Waals surface area contributed by atoms with E-state index < -0.39 is 172 Å². The van der Waals surface area contributed by atoms with Gasteiger partial charge in [-0.15, -0.1) is 0 Å². The molecule has 0 spiro atoms. The fourth-order valence-corrected chi connectivity index (χ4v) is 4.34. The van der Waals surface area contributed by atoms with Crippen LogP contribution in [0, 0.1) is 0 Å². The molecule has 0 aromatic heterocycles. The molecular formula is C29H44N8O17. The summed E-state index contributed by atoms with van der Waals surface area (Å²) >= 11 is 0. The lowest BCUT2D eigenvalue weighted by atomic mass is 10.0. The SMILES string of the molecule is NC(=O)CC[C@H](NC(=O)[C@H](CCC(=O)O)NC(=O)[C@H](CCC(=O)O)NC(=O)[C@H](CC(N)=O)NC(=O)[C@@H](N)CCC(=O)O)C(=O)N[C@@H](CCC(=O)O)C(=O)O. The van der Waals surface area contributed by atoms with Gasteiger partial charge >= 0.3 is 29.8 Å². The number of aliphatic carboxylic acids is 5. The number of carbonyl (C=O) groups is 12. The van der Waals surface area contributed by atoms with Crippen LogP contribution in [0.2, 0.25) is 0 Å². The van der Waals surface area contributed by atoms with E-state index in [0.29, 0.717) is 0 Å². The van der Waals surface area contributed by atoms with Gasteiger partial charge in [0.25, 0.3) is 0 Å². The summed E-state index contributed by atoms with van der Waals surface area (Å²) in [4.78, 5) is 145. The minimum Gasteiger partial charge on any atom is -0.481 e. The number of rotatable bonds is 28. The van der Waals surface area contributed by atoms with Crippen LogP contribution in [-0.2, 0) is 57.5 Å². The van der Waals surface area contributed by atoms with Gasteiger partial charge in [0.2, 0.25) is 41.4 Å². The zero-order valence-electron chi connectivity index (χ0n) is 28.6. The lowest BCUT2D eigenvalue weighted by Crippen LogP contribution is -2.59. The molecule has 0 fully saturated rings. The van der Waals surface area contributed by atoms with Gasteiger partial charge in [-0.05, 0) is 32.1 Å². The van der Waals surface area contributed by atoms with E-state index in [4.69, 9.17) is 27.4 Å². The Hall–Kier alpha value is -6.40. The first-order valence-electron chi connectivity index (χ1n) is 16.0. The second-order valence-corrected chi connectivity index (χ2v) is 11.7. The molecule has 0 aliphatic carbocycles. The van der Waals surface area contributed by atoms with E-state index in [-0.39, 0.29) is 6.42 Å². The van der Waals surface area contributed by atoms with Crippen molar-refractivity contribution < 1.29 is 83.1 Å². The standard InChI is InChI=1S/C29H44N8O17/c30-12(1-7-20(40)41)24(48)37-17(11-19(32)39)28(52)35-15(4-9-22(44)45)26(50)34-14(3-8-21(42)43)25(49)33-13(2-6-18(31)38)27(51)36-16(29(53)54)5-10-23(46)47/h12-17H,1-11,30H2,(H2,31,38)(H2,32,39)(H,33,49)(H,34,50)(H,35,52)(H,36,51)(H,37,48)(H,40,41)(H,42,43)(H,44,45)(H,46,47)(H,53,54)/t12-,13-,14-,15-,16-,17-/m0/s1. The Kier molecular flexibility index (Phi) is 21.1. The monoisotopic (exact) mass is 776 g/mol. The van der Waals surface area contributed by atoms with E-state index in [2.05, 4.69) is 21.3 Å². The number of amides is 7. The molecule has 6 atom stereocenters. The second-order valence-electron chi connectivity index (χ2n) is 11.7. The molecule has 0 heterocycles. The highest BCUT2D eigenvalue weighted by Gasteiger charge is 2.34. The van der Waals surface area contributed by atoms with Crippen molar-refractivity contribution in [3.05, 3.63) is 0 Å². The first kappa shape index (κ1) is 47.6. The number of carbonyl (C=O) groups excluding carboxylic acids is 7. The fraction of sp³-hybridized carbons (Fsp3) is 0.586. The molecule has 0 aliphatic heterocycles. The van der Waals surface area contributed by atoms with Crippen molar-refractivity contribution in [2.24, 2.45) is 17.2 Å². The summed E-state index contributed by atoms with van der Waals surface area (Å²) in [7, 11) is 0. The van der Waals surface area contributed by atoms with E-state index in [1.807, 2.05) is 5.32 Å². The summed E-state index contributed by atoms with van der Waals surface area (Å²) in [6.07, 6.45) is -7.17. The molecule has 54 heavy (non-hydrogen) atoms. The second kappa shape index (κ2) is 24.0. The normalized spacial score (nSPS) is 13.9. The molecule has 0 radical (unpaired) electrons. The lowest BCUT2D eigenvalue weighted by Gasteiger charge is -2.26. The van der Waals surface area contributed by atoms with E-state index in [1.165, 1.54) is 0 Å². The minimum atomic E-state index is -1.86. The van der Waals surface area contributed by atoms with Crippen molar-refractivity contribution in [1.82, 2.24) is 26.6 Å². The number of hydrogen-bond acceptors (Lipinski definition) is 13. The van der Waals surface area contributed by atoms with Crippen molar-refractivity contribution in [1.29, 1.82) is 0 Å². The predicted molar refractivity (Wildman–Crippen MR) is 175 cm³/mol. The Bertz CT molecular complexity index is 1450. The smallest absolute Gasteiger partial charge is 0.326 e. The van der Waals surface area contributed by atoms with Gasteiger partial charge in [-0.1, -0.05) is 0 Å². The summed E-state index contributed by atoms with van der Waals surface area (Å²) in [5.41, 5.74) is 15.9. The molecule has 25 heteroatoms. The third-order valence-corrected chi connectivity index (χ3v) is 7.18. The zero-order valence-corrected chi connectivity index (χ0v) is 28.6. The van der Waals surface area contributed by atoms with Gasteiger partial charge in [-0.25, -0.2) is 4.79 Å². The van der Waals surface area contributed by atoms with Crippen LogP contribution in [0.15, 0.2) is 0 Å². The molecular weight excluding hydrogens is 732 g/mol. The van der Waals surface area contributed by atoms with Crippen molar-refractivity contribution in [3.8, 4) is 0 Å². The van der Waals surface area contributed by atoms with Crippen molar-refractivity contribution in [3.63, 3.8) is 0 Å². The molecule has 0 unspecified atom stereocenters.